The fraction of sp³-hybridized carbons (Fsp3) is 0.718. The lowest BCUT2D eigenvalue weighted by Gasteiger charge is -2.37. The van der Waals surface area contributed by atoms with Crippen LogP contribution in [-0.2, 0) is 38.1 Å². The highest BCUT2D eigenvalue weighted by Gasteiger charge is 2.54. The monoisotopic (exact) mass is 749 g/mol. The van der Waals surface area contributed by atoms with Crippen LogP contribution in [0.25, 0.3) is 11.2 Å². The van der Waals surface area contributed by atoms with Crippen molar-refractivity contribution in [2.75, 3.05) is 11.9 Å². The third kappa shape index (κ3) is 7.13. The van der Waals surface area contributed by atoms with Gasteiger partial charge in [-0.2, -0.15) is 9.97 Å². The first-order chi connectivity index (χ1) is 25.6. The van der Waals surface area contributed by atoms with Gasteiger partial charge in [-0.1, -0.05) is 31.6 Å². The van der Waals surface area contributed by atoms with Crippen molar-refractivity contribution < 1.29 is 38.1 Å². The van der Waals surface area contributed by atoms with Crippen molar-refractivity contribution in [1.82, 2.24) is 19.5 Å². The molecule has 4 aliphatic carbocycles. The van der Waals surface area contributed by atoms with Crippen molar-refractivity contribution in [3.05, 3.63) is 11.6 Å². The van der Waals surface area contributed by atoms with Gasteiger partial charge in [0.25, 0.3) is 5.91 Å². The first kappa shape index (κ1) is 36.2. The fourth-order valence-corrected chi connectivity index (χ4v) is 10.3. The van der Waals surface area contributed by atoms with Crippen LogP contribution in [0, 0.1) is 35.0 Å². The van der Waals surface area contributed by atoms with Gasteiger partial charge >= 0.3 is 17.9 Å². The van der Waals surface area contributed by atoms with E-state index in [9.17, 15) is 19.2 Å². The molecule has 14 heteroatoms. The van der Waals surface area contributed by atoms with E-state index in [-0.39, 0.29) is 71.9 Å². The van der Waals surface area contributed by atoms with E-state index < -0.39 is 35.9 Å². The fourth-order valence-electron chi connectivity index (χ4n) is 10.2. The third-order valence-electron chi connectivity index (χ3n) is 13.4. The number of esters is 3. The second kappa shape index (κ2) is 14.5. The number of aromatic nitrogens is 4. The molecule has 2 spiro atoms. The van der Waals surface area contributed by atoms with Crippen LogP contribution in [0.15, 0.2) is 6.33 Å². The molecule has 4 heterocycles. The molecule has 2 aromatic heterocycles. The Labute approximate surface area is 314 Å². The molecule has 0 aromatic carbocycles. The van der Waals surface area contributed by atoms with E-state index in [1.165, 1.54) is 57.7 Å². The van der Waals surface area contributed by atoms with E-state index in [1.807, 2.05) is 0 Å². The molecule has 0 unspecified atom stereocenters. The number of fused-ring (bicyclic) bond motifs is 1. The molecule has 8 rings (SSSR count). The first-order valence-corrected chi connectivity index (χ1v) is 19.9. The number of nitrogens with one attached hydrogen (secondary N) is 1. The highest BCUT2D eigenvalue weighted by atomic mass is 35.5. The number of hydrogen-bond acceptors (Lipinski definition) is 11. The smallest absolute Gasteiger partial charge is 0.309 e. The zero-order valence-corrected chi connectivity index (χ0v) is 30.9. The lowest BCUT2D eigenvalue weighted by atomic mass is 9.69. The van der Waals surface area contributed by atoms with Gasteiger partial charge < -0.3 is 24.3 Å². The molecule has 284 valence electrons. The van der Waals surface area contributed by atoms with Gasteiger partial charge in [-0.3, -0.25) is 23.7 Å². The van der Waals surface area contributed by atoms with Crippen LogP contribution in [0.4, 0.5) is 5.82 Å². The molecule has 6 aliphatic rings. The lowest BCUT2D eigenvalue weighted by Crippen LogP contribution is -2.47. The minimum absolute atomic E-state index is 0.0361. The number of halogens is 1. The normalized spacial score (nSPS) is 30.8. The summed E-state index contributed by atoms with van der Waals surface area (Å²) >= 11 is 6.34. The molecule has 6 fully saturated rings. The van der Waals surface area contributed by atoms with Gasteiger partial charge in [0.1, 0.15) is 18.9 Å². The van der Waals surface area contributed by atoms with E-state index in [2.05, 4.69) is 26.2 Å². The van der Waals surface area contributed by atoms with Gasteiger partial charge in [0.05, 0.1) is 18.2 Å². The summed E-state index contributed by atoms with van der Waals surface area (Å²) in [5.74, 6) is 0.685. The van der Waals surface area contributed by atoms with E-state index in [4.69, 9.17) is 37.0 Å². The number of rotatable bonds is 8. The molecule has 4 atom stereocenters. The number of carbonyl (C=O) groups is 4. The zero-order chi connectivity index (χ0) is 36.8. The molecule has 0 radical (unpaired) electrons. The molecule has 1 amide bonds. The summed E-state index contributed by atoms with van der Waals surface area (Å²) in [6.07, 6.45) is 22.7. The van der Waals surface area contributed by atoms with Crippen LogP contribution in [-0.4, -0.2) is 67.7 Å². The van der Waals surface area contributed by atoms with Gasteiger partial charge in [0, 0.05) is 19.3 Å². The van der Waals surface area contributed by atoms with Crippen LogP contribution in [0.3, 0.4) is 0 Å². The van der Waals surface area contributed by atoms with Crippen LogP contribution >= 0.6 is 11.6 Å². The topological polar surface area (TPSA) is 161 Å². The summed E-state index contributed by atoms with van der Waals surface area (Å²) in [6.45, 7) is -0.282. The van der Waals surface area contributed by atoms with E-state index in [0.717, 1.165) is 51.4 Å². The number of cyclic esters (lactones) is 1. The Balaban J connectivity index is 1.01. The maximum Gasteiger partial charge on any atom is 0.309 e. The van der Waals surface area contributed by atoms with Crippen molar-refractivity contribution >= 4 is 52.4 Å². The van der Waals surface area contributed by atoms with Crippen LogP contribution in [0.1, 0.15) is 128 Å². The van der Waals surface area contributed by atoms with E-state index >= 15 is 0 Å². The minimum Gasteiger partial charge on any atom is -0.461 e. The van der Waals surface area contributed by atoms with Crippen LogP contribution < -0.4 is 5.32 Å². The van der Waals surface area contributed by atoms with Crippen LogP contribution in [0.2, 0.25) is 5.28 Å². The summed E-state index contributed by atoms with van der Waals surface area (Å²) in [6, 6.07) is 0. The maximum absolute atomic E-state index is 13.8. The molecule has 4 saturated carbocycles. The van der Waals surface area contributed by atoms with Crippen molar-refractivity contribution in [3.8, 4) is 12.3 Å². The van der Waals surface area contributed by atoms with Crippen molar-refractivity contribution in [3.63, 3.8) is 0 Å². The molecule has 13 nitrogen and oxygen atoms in total. The lowest BCUT2D eigenvalue weighted by molar-refractivity contribution is -0.173. The van der Waals surface area contributed by atoms with Gasteiger partial charge in [0.2, 0.25) is 10.9 Å². The third-order valence-corrected chi connectivity index (χ3v) is 13.6. The predicted molar refractivity (Wildman–Crippen MR) is 191 cm³/mol. The highest BCUT2D eigenvalue weighted by molar-refractivity contribution is 6.28. The summed E-state index contributed by atoms with van der Waals surface area (Å²) in [5.41, 5.74) is -0.386. The Morgan fingerprint density at radius 1 is 0.925 bits per heavy atom. The molecule has 0 bridgehead atoms. The number of amides is 1. The summed E-state index contributed by atoms with van der Waals surface area (Å²) in [4.78, 5) is 64.8. The number of anilines is 1. The maximum atomic E-state index is 13.8. The number of carbonyl (C=O) groups excluding carboxylic acids is 4. The molecule has 2 aromatic rings. The second-order valence-electron chi connectivity index (χ2n) is 16.5. The largest absolute Gasteiger partial charge is 0.461 e. The number of terminal acetylenes is 1. The van der Waals surface area contributed by atoms with E-state index in [0.29, 0.717) is 10.8 Å². The Bertz CT molecular complexity index is 1790. The summed E-state index contributed by atoms with van der Waals surface area (Å²) in [7, 11) is 0. The Hall–Kier alpha value is -3.76. The van der Waals surface area contributed by atoms with Gasteiger partial charge in [-0.15, -0.1) is 6.42 Å². The first-order valence-electron chi connectivity index (χ1n) is 19.5. The number of imidazole rings is 1. The second-order valence-corrected chi connectivity index (χ2v) is 16.8. The molecule has 2 aliphatic heterocycles. The van der Waals surface area contributed by atoms with Crippen molar-refractivity contribution in [2.24, 2.45) is 22.7 Å². The molecular weight excluding hydrogens is 702 g/mol. The standard InChI is InChI=1S/C39H48ClN5O8/c1-2-39(22-50-34(48)24-9-17-37(18-10-24)13-3-4-14-37)27(52-35(49)25-11-19-38(20-12-25)15-5-6-16-38)21-28(53-39)45-23-41-30-31(43-36(40)44-32(30)45)42-33(47)26-7-8-29(46)51-26/h1,23-28H,3-22H2,(H,42,43,44,47)/t26-,27+,28-,39-/m1/s1. The highest BCUT2D eigenvalue weighted by Crippen LogP contribution is 2.52. The van der Waals surface area contributed by atoms with Gasteiger partial charge in [0.15, 0.2) is 23.1 Å². The molecular formula is C39H48ClN5O8. The predicted octanol–water partition coefficient (Wildman–Crippen LogP) is 6.37. The number of hydrogen-bond donors (Lipinski definition) is 1. The quantitative estimate of drug-likeness (QED) is 0.138. The van der Waals surface area contributed by atoms with Gasteiger partial charge in [-0.05, 0) is 99.5 Å². The SMILES string of the molecule is C#C[C@]1(COC(=O)C2CCC3(CCCC3)CC2)O[C@@H](n2cnc3c(NC(=O)[C@H]4CCC(=O)O4)nc(Cl)nc32)C[C@@H]1OC(=O)C1CCC2(CCCC2)CC1. The number of nitrogens with zero attached hydrogens (tertiary/aromatic N) is 4. The molecule has 53 heavy (non-hydrogen) atoms. The van der Waals surface area contributed by atoms with Crippen molar-refractivity contribution in [1.29, 1.82) is 0 Å². The average molecular weight is 750 g/mol. The molecule has 1 N–H and O–H groups in total. The van der Waals surface area contributed by atoms with Crippen LogP contribution in [0.5, 0.6) is 0 Å². The Kier molecular flexibility index (Phi) is 9.89. The van der Waals surface area contributed by atoms with Gasteiger partial charge in [-0.25, -0.2) is 4.98 Å². The zero-order valence-electron chi connectivity index (χ0n) is 30.1. The minimum atomic E-state index is -1.57. The average Bonchev–Trinajstić information content (AvgIpc) is 4.01. The Morgan fingerprint density at radius 3 is 2.13 bits per heavy atom. The summed E-state index contributed by atoms with van der Waals surface area (Å²) in [5, 5.41) is 2.49. The molecule has 2 saturated heterocycles. The Morgan fingerprint density at radius 2 is 1.55 bits per heavy atom. The summed E-state index contributed by atoms with van der Waals surface area (Å²) < 4.78 is 25.5. The number of ether oxygens (including phenoxy) is 4. The van der Waals surface area contributed by atoms with Crippen molar-refractivity contribution in [2.45, 2.75) is 146 Å². The van der Waals surface area contributed by atoms with E-state index in [1.54, 1.807) is 4.57 Å².